The van der Waals surface area contributed by atoms with Crippen molar-refractivity contribution < 1.29 is 19.4 Å². The number of benzene rings is 2. The van der Waals surface area contributed by atoms with Gasteiger partial charge in [0.2, 0.25) is 0 Å². The smallest absolute Gasteiger partial charge is 0.329 e. The molecule has 0 saturated carbocycles. The summed E-state index contributed by atoms with van der Waals surface area (Å²) in [6, 6.07) is 7.69. The summed E-state index contributed by atoms with van der Waals surface area (Å²) in [5.41, 5.74) is 2.80. The largest absolute Gasteiger partial charge is 0.503 e. The molecular weight excluding hydrogens is 449 g/mol. The number of phenolic OH excluding ortho intramolecular Hbond substituents is 1. The number of ether oxygens (including phenoxy) is 1. The number of nitrogens with one attached hydrogen (secondary N) is 2. The average Bonchev–Trinajstić information content (AvgIpc) is 2.61. The summed E-state index contributed by atoms with van der Waals surface area (Å²) in [7, 11) is 1.40. The maximum absolute atomic E-state index is 11.9. The fourth-order valence-corrected chi connectivity index (χ4v) is 2.63. The van der Waals surface area contributed by atoms with Crippen molar-refractivity contribution in [2.45, 2.75) is 0 Å². The summed E-state index contributed by atoms with van der Waals surface area (Å²) >= 11 is 14.9. The van der Waals surface area contributed by atoms with Gasteiger partial charge in [-0.1, -0.05) is 29.3 Å². The number of rotatable bonds is 4. The third kappa shape index (κ3) is 4.87. The van der Waals surface area contributed by atoms with E-state index in [9.17, 15) is 14.7 Å². The molecule has 0 atom stereocenters. The number of hydrogen-bond donors (Lipinski definition) is 3. The summed E-state index contributed by atoms with van der Waals surface area (Å²) in [6.45, 7) is 0. The van der Waals surface area contributed by atoms with Crippen molar-refractivity contribution in [3.8, 4) is 11.5 Å². The molecule has 0 bridgehead atoms. The second kappa shape index (κ2) is 8.88. The molecule has 10 heteroatoms. The second-order valence-corrected chi connectivity index (χ2v) is 6.45. The molecule has 3 N–H and O–H groups in total. The van der Waals surface area contributed by atoms with Gasteiger partial charge in [-0.25, -0.2) is 5.43 Å². The Kier molecular flexibility index (Phi) is 6.84. The van der Waals surface area contributed by atoms with E-state index in [1.54, 1.807) is 18.2 Å². The van der Waals surface area contributed by atoms with Crippen molar-refractivity contribution in [3.63, 3.8) is 0 Å². The number of phenols is 1. The van der Waals surface area contributed by atoms with Gasteiger partial charge in [-0.2, -0.15) is 5.10 Å². The topological polar surface area (TPSA) is 100 Å². The lowest BCUT2D eigenvalue weighted by Crippen LogP contribution is -2.32. The van der Waals surface area contributed by atoms with E-state index in [4.69, 9.17) is 27.9 Å². The predicted molar refractivity (Wildman–Crippen MR) is 103 cm³/mol. The highest BCUT2D eigenvalue weighted by Gasteiger charge is 2.15. The van der Waals surface area contributed by atoms with Crippen molar-refractivity contribution in [2.75, 3.05) is 12.4 Å². The van der Waals surface area contributed by atoms with Crippen molar-refractivity contribution in [3.05, 3.63) is 50.4 Å². The van der Waals surface area contributed by atoms with Gasteiger partial charge in [-0.15, -0.1) is 0 Å². The van der Waals surface area contributed by atoms with Crippen LogP contribution in [-0.4, -0.2) is 30.2 Å². The summed E-state index contributed by atoms with van der Waals surface area (Å²) in [5.74, 6) is -1.80. The number of amides is 2. The number of hydrogen-bond acceptors (Lipinski definition) is 5. The van der Waals surface area contributed by atoms with Crippen LogP contribution in [0.3, 0.4) is 0 Å². The molecule has 2 aromatic rings. The molecule has 0 saturated heterocycles. The fraction of sp³-hybridized carbons (Fsp3) is 0.0625. The molecule has 2 rings (SSSR count). The standard InChI is InChI=1S/C16H12BrCl2N3O4/c1-26-12-6-8(5-9(17)14(12)23)7-20-22-16(25)15(24)21-11-4-2-3-10(18)13(11)19/h2-7,23H,1H3,(H,21,24)(H,22,25)/b20-7-. The Bertz CT molecular complexity index is 890. The van der Waals surface area contributed by atoms with Gasteiger partial charge < -0.3 is 15.2 Å². The van der Waals surface area contributed by atoms with Crippen LogP contribution < -0.4 is 15.5 Å². The van der Waals surface area contributed by atoms with Crippen LogP contribution >= 0.6 is 39.1 Å². The lowest BCUT2D eigenvalue weighted by molar-refractivity contribution is -0.136. The quantitative estimate of drug-likeness (QED) is 0.369. The summed E-state index contributed by atoms with van der Waals surface area (Å²) in [6.07, 6.45) is 1.28. The Labute approximate surface area is 167 Å². The average molecular weight is 461 g/mol. The number of methoxy groups -OCH3 is 1. The zero-order valence-corrected chi connectivity index (χ0v) is 16.3. The molecule has 2 aromatic carbocycles. The zero-order valence-electron chi connectivity index (χ0n) is 13.2. The van der Waals surface area contributed by atoms with E-state index in [0.717, 1.165) is 0 Å². The zero-order chi connectivity index (χ0) is 19.3. The van der Waals surface area contributed by atoms with Crippen LogP contribution in [0.5, 0.6) is 11.5 Å². The molecular formula is C16H12BrCl2N3O4. The van der Waals surface area contributed by atoms with Gasteiger partial charge in [0.1, 0.15) is 0 Å². The highest BCUT2D eigenvalue weighted by atomic mass is 79.9. The van der Waals surface area contributed by atoms with Crippen LogP contribution in [0.2, 0.25) is 10.0 Å². The van der Waals surface area contributed by atoms with Crippen molar-refractivity contribution in [2.24, 2.45) is 5.10 Å². The molecule has 0 aliphatic rings. The Morgan fingerprint density at radius 2 is 2.00 bits per heavy atom. The number of carbonyl (C=O) groups excluding carboxylic acids is 2. The van der Waals surface area contributed by atoms with E-state index in [-0.39, 0.29) is 27.2 Å². The van der Waals surface area contributed by atoms with E-state index < -0.39 is 11.8 Å². The fourth-order valence-electron chi connectivity index (χ4n) is 1.82. The first kappa shape index (κ1) is 20.0. The minimum Gasteiger partial charge on any atom is -0.503 e. The predicted octanol–water partition coefficient (Wildman–Crippen LogP) is 3.56. The van der Waals surface area contributed by atoms with E-state index in [2.05, 4.69) is 31.8 Å². The molecule has 26 heavy (non-hydrogen) atoms. The van der Waals surface area contributed by atoms with Gasteiger partial charge >= 0.3 is 11.8 Å². The third-order valence-electron chi connectivity index (χ3n) is 3.06. The number of aromatic hydroxyl groups is 1. The van der Waals surface area contributed by atoms with E-state index in [1.165, 1.54) is 25.5 Å². The number of anilines is 1. The van der Waals surface area contributed by atoms with Gasteiger partial charge in [0.15, 0.2) is 11.5 Å². The number of halogens is 3. The minimum absolute atomic E-state index is 0.0635. The molecule has 0 heterocycles. The molecule has 136 valence electrons. The molecule has 0 aromatic heterocycles. The Balaban J connectivity index is 2.02. The Morgan fingerprint density at radius 3 is 2.69 bits per heavy atom. The molecule has 0 spiro atoms. The van der Waals surface area contributed by atoms with Gasteiger partial charge in [0, 0.05) is 0 Å². The molecule has 0 aliphatic carbocycles. The number of carbonyl (C=O) groups is 2. The molecule has 0 radical (unpaired) electrons. The van der Waals surface area contributed by atoms with Crippen LogP contribution in [0, 0.1) is 0 Å². The SMILES string of the molecule is COc1cc(/C=N\NC(=O)C(=O)Nc2cccc(Cl)c2Cl)cc(Br)c1O. The summed E-state index contributed by atoms with van der Waals surface area (Å²) in [5, 5.41) is 16.1. The van der Waals surface area contributed by atoms with Crippen molar-refractivity contribution in [1.29, 1.82) is 0 Å². The van der Waals surface area contributed by atoms with Gasteiger partial charge in [0.05, 0.1) is 33.5 Å². The van der Waals surface area contributed by atoms with Crippen LogP contribution in [0.1, 0.15) is 5.56 Å². The molecule has 0 fully saturated rings. The lowest BCUT2D eigenvalue weighted by atomic mass is 10.2. The second-order valence-electron chi connectivity index (χ2n) is 4.81. The highest BCUT2D eigenvalue weighted by molar-refractivity contribution is 9.10. The minimum atomic E-state index is -0.998. The molecule has 0 unspecified atom stereocenters. The first-order valence-corrected chi connectivity index (χ1v) is 8.53. The van der Waals surface area contributed by atoms with E-state index >= 15 is 0 Å². The summed E-state index contributed by atoms with van der Waals surface area (Å²) in [4.78, 5) is 23.6. The van der Waals surface area contributed by atoms with Gasteiger partial charge in [-0.05, 0) is 45.8 Å². The van der Waals surface area contributed by atoms with E-state index in [1.807, 2.05) is 0 Å². The third-order valence-corrected chi connectivity index (χ3v) is 4.48. The normalized spacial score (nSPS) is 10.6. The van der Waals surface area contributed by atoms with E-state index in [0.29, 0.717) is 10.0 Å². The van der Waals surface area contributed by atoms with Crippen LogP contribution in [0.25, 0.3) is 0 Å². The van der Waals surface area contributed by atoms with Crippen LogP contribution in [0.4, 0.5) is 5.69 Å². The van der Waals surface area contributed by atoms with Crippen molar-refractivity contribution >= 4 is 62.8 Å². The summed E-state index contributed by atoms with van der Waals surface area (Å²) < 4.78 is 5.39. The maximum atomic E-state index is 11.9. The molecule has 2 amide bonds. The highest BCUT2D eigenvalue weighted by Crippen LogP contribution is 2.34. The van der Waals surface area contributed by atoms with Crippen LogP contribution in [0.15, 0.2) is 39.9 Å². The Morgan fingerprint density at radius 1 is 1.27 bits per heavy atom. The Hall–Kier alpha value is -2.29. The number of hydrazone groups is 1. The first-order valence-electron chi connectivity index (χ1n) is 6.98. The maximum Gasteiger partial charge on any atom is 0.329 e. The molecule has 7 nitrogen and oxygen atoms in total. The lowest BCUT2D eigenvalue weighted by Gasteiger charge is -2.07. The first-order chi connectivity index (χ1) is 12.3. The molecule has 0 aliphatic heterocycles. The van der Waals surface area contributed by atoms with Crippen molar-refractivity contribution in [1.82, 2.24) is 5.43 Å². The van der Waals surface area contributed by atoms with Crippen LogP contribution in [-0.2, 0) is 9.59 Å². The monoisotopic (exact) mass is 459 g/mol. The number of nitrogens with zero attached hydrogens (tertiary/aromatic N) is 1. The van der Waals surface area contributed by atoms with Gasteiger partial charge in [0.25, 0.3) is 0 Å². The van der Waals surface area contributed by atoms with Gasteiger partial charge in [-0.3, -0.25) is 9.59 Å².